The van der Waals surface area contributed by atoms with Gasteiger partial charge in [-0.1, -0.05) is 17.7 Å². The second-order valence-corrected chi connectivity index (χ2v) is 2.83. The molecule has 2 rings (SSSR count). The van der Waals surface area contributed by atoms with Crippen LogP contribution in [0.2, 0.25) is 5.02 Å². The fourth-order valence-corrected chi connectivity index (χ4v) is 1.28. The quantitative estimate of drug-likeness (QED) is 0.584. The van der Waals surface area contributed by atoms with Crippen LogP contribution in [0.4, 0.5) is 0 Å². The van der Waals surface area contributed by atoms with Crippen LogP contribution in [0.5, 0.6) is 0 Å². The van der Waals surface area contributed by atoms with E-state index < -0.39 is 0 Å². The molecule has 0 atom stereocenters. The molecule has 2 aromatic rings. The molecule has 0 fully saturated rings. The average molecular weight is 166 g/mol. The van der Waals surface area contributed by atoms with Gasteiger partial charge in [-0.05, 0) is 25.1 Å². The van der Waals surface area contributed by atoms with Gasteiger partial charge in [0.2, 0.25) is 0 Å². The summed E-state index contributed by atoms with van der Waals surface area (Å²) in [5.74, 6) is 0.865. The van der Waals surface area contributed by atoms with Gasteiger partial charge in [0.05, 0.1) is 5.02 Å². The average Bonchev–Trinajstić information content (AvgIpc) is 2.31. The lowest BCUT2D eigenvalue weighted by atomic mass is 10.2. The van der Waals surface area contributed by atoms with Crippen LogP contribution in [0.25, 0.3) is 11.0 Å². The zero-order valence-corrected chi connectivity index (χ0v) is 6.77. The zero-order valence-electron chi connectivity index (χ0n) is 6.02. The highest BCUT2D eigenvalue weighted by Crippen LogP contribution is 2.25. The molecule has 0 spiro atoms. The number of halogens is 1. The van der Waals surface area contributed by atoms with Gasteiger partial charge >= 0.3 is 0 Å². The Bertz CT molecular complexity index is 389. The van der Waals surface area contributed by atoms with E-state index in [1.165, 1.54) is 0 Å². The Hall–Kier alpha value is -0.950. The smallest absolute Gasteiger partial charge is 0.153 e. The molecule has 2 heteroatoms. The predicted octanol–water partition coefficient (Wildman–Crippen LogP) is 3.19. The second kappa shape index (κ2) is 2.28. The maximum absolute atomic E-state index is 5.86. The summed E-state index contributed by atoms with van der Waals surface area (Å²) < 4.78 is 5.34. The van der Waals surface area contributed by atoms with Gasteiger partial charge in [-0.25, -0.2) is 0 Å². The number of hydrogen-bond donors (Lipinski definition) is 0. The number of furan rings is 1. The number of rotatable bonds is 0. The standard InChI is InChI=1S/C9H6ClO/c1-6-5-7-3-2-4-8(10)9(7)11-6/h2,4-5H,1H3. The Balaban J connectivity index is 2.90. The highest BCUT2D eigenvalue weighted by molar-refractivity contribution is 6.34. The number of benzene rings is 1. The first kappa shape index (κ1) is 6.74. The summed E-state index contributed by atoms with van der Waals surface area (Å²) >= 11 is 5.86. The van der Waals surface area contributed by atoms with Crippen LogP contribution in [-0.2, 0) is 0 Å². The molecule has 1 radical (unpaired) electrons. The Morgan fingerprint density at radius 1 is 1.55 bits per heavy atom. The van der Waals surface area contributed by atoms with Crippen LogP contribution in [0.1, 0.15) is 5.76 Å². The number of hydrogen-bond acceptors (Lipinski definition) is 1. The monoisotopic (exact) mass is 165 g/mol. The van der Waals surface area contributed by atoms with E-state index in [1.807, 2.05) is 13.0 Å². The third-order valence-electron chi connectivity index (χ3n) is 1.54. The molecule has 0 N–H and O–H groups in total. The van der Waals surface area contributed by atoms with Gasteiger partial charge in [0.15, 0.2) is 5.58 Å². The molecule has 1 aromatic heterocycles. The van der Waals surface area contributed by atoms with E-state index >= 15 is 0 Å². The van der Waals surface area contributed by atoms with Crippen molar-refractivity contribution in [1.82, 2.24) is 0 Å². The van der Waals surface area contributed by atoms with Crippen molar-refractivity contribution in [2.75, 3.05) is 0 Å². The molecule has 1 aromatic carbocycles. The van der Waals surface area contributed by atoms with E-state index in [2.05, 4.69) is 6.07 Å². The molecule has 0 unspecified atom stereocenters. The lowest BCUT2D eigenvalue weighted by Crippen LogP contribution is -1.64. The Morgan fingerprint density at radius 3 is 3.09 bits per heavy atom. The maximum Gasteiger partial charge on any atom is 0.153 e. The topological polar surface area (TPSA) is 13.1 Å². The summed E-state index contributed by atoms with van der Waals surface area (Å²) in [6, 6.07) is 8.51. The lowest BCUT2D eigenvalue weighted by Gasteiger charge is -1.88. The van der Waals surface area contributed by atoms with E-state index in [9.17, 15) is 0 Å². The highest BCUT2D eigenvalue weighted by Gasteiger charge is 2.02. The third-order valence-corrected chi connectivity index (χ3v) is 1.84. The summed E-state index contributed by atoms with van der Waals surface area (Å²) in [5, 5.41) is 1.59. The van der Waals surface area contributed by atoms with Gasteiger partial charge in [0.1, 0.15) is 5.76 Å². The molecule has 0 amide bonds. The van der Waals surface area contributed by atoms with Gasteiger partial charge in [-0.2, -0.15) is 0 Å². The number of fused-ring (bicyclic) bond motifs is 1. The molecular formula is C9H6ClO. The summed E-state index contributed by atoms with van der Waals surface area (Å²) in [6.07, 6.45) is 0. The van der Waals surface area contributed by atoms with Gasteiger partial charge in [-0.3, -0.25) is 0 Å². The first-order valence-electron chi connectivity index (χ1n) is 3.34. The molecule has 55 valence electrons. The van der Waals surface area contributed by atoms with Crippen LogP contribution >= 0.6 is 11.6 Å². The van der Waals surface area contributed by atoms with Gasteiger partial charge in [0, 0.05) is 5.39 Å². The largest absolute Gasteiger partial charge is 0.460 e. The minimum atomic E-state index is 0.645. The molecular weight excluding hydrogens is 160 g/mol. The first-order chi connectivity index (χ1) is 5.27. The van der Waals surface area contributed by atoms with E-state index in [4.69, 9.17) is 16.0 Å². The van der Waals surface area contributed by atoms with Crippen molar-refractivity contribution in [3.8, 4) is 0 Å². The Kier molecular flexibility index (Phi) is 1.40. The van der Waals surface area contributed by atoms with Crippen molar-refractivity contribution < 1.29 is 4.42 Å². The van der Waals surface area contributed by atoms with Gasteiger partial charge in [0.25, 0.3) is 0 Å². The van der Waals surface area contributed by atoms with Crippen LogP contribution < -0.4 is 0 Å². The second-order valence-electron chi connectivity index (χ2n) is 2.43. The summed E-state index contributed by atoms with van der Waals surface area (Å²) in [5.41, 5.74) is 0.728. The van der Waals surface area contributed by atoms with Crippen molar-refractivity contribution >= 4 is 22.6 Å². The molecule has 11 heavy (non-hydrogen) atoms. The molecule has 0 aliphatic carbocycles. The third kappa shape index (κ3) is 1.02. The van der Waals surface area contributed by atoms with Gasteiger partial charge in [-0.15, -0.1) is 0 Å². The SMILES string of the molecule is Cc1cc2[c]ccc(Cl)c2o1. The number of aryl methyl sites for hydroxylation is 1. The fourth-order valence-electron chi connectivity index (χ4n) is 1.08. The fraction of sp³-hybridized carbons (Fsp3) is 0.111. The van der Waals surface area contributed by atoms with E-state index in [0.717, 1.165) is 16.7 Å². The van der Waals surface area contributed by atoms with Crippen molar-refractivity contribution in [3.63, 3.8) is 0 Å². The summed E-state index contributed by atoms with van der Waals surface area (Å²) in [4.78, 5) is 0. The van der Waals surface area contributed by atoms with E-state index in [0.29, 0.717) is 5.02 Å². The summed E-state index contributed by atoms with van der Waals surface area (Å²) in [7, 11) is 0. The van der Waals surface area contributed by atoms with Crippen LogP contribution in [-0.4, -0.2) is 0 Å². The molecule has 0 saturated heterocycles. The van der Waals surface area contributed by atoms with E-state index in [1.54, 1.807) is 12.1 Å². The van der Waals surface area contributed by atoms with Crippen LogP contribution in [0.3, 0.4) is 0 Å². The highest BCUT2D eigenvalue weighted by atomic mass is 35.5. The van der Waals surface area contributed by atoms with Crippen molar-refractivity contribution in [2.45, 2.75) is 6.92 Å². The van der Waals surface area contributed by atoms with Crippen LogP contribution in [0, 0.1) is 13.0 Å². The first-order valence-corrected chi connectivity index (χ1v) is 3.71. The normalized spacial score (nSPS) is 10.7. The Labute approximate surface area is 69.6 Å². The van der Waals surface area contributed by atoms with Crippen molar-refractivity contribution in [1.29, 1.82) is 0 Å². The van der Waals surface area contributed by atoms with Crippen LogP contribution in [0.15, 0.2) is 22.6 Å². The summed E-state index contributed by atoms with van der Waals surface area (Å²) in [6.45, 7) is 1.89. The molecule has 0 bridgehead atoms. The van der Waals surface area contributed by atoms with Gasteiger partial charge < -0.3 is 4.42 Å². The molecule has 0 saturated carbocycles. The molecule has 1 nitrogen and oxygen atoms in total. The van der Waals surface area contributed by atoms with E-state index in [-0.39, 0.29) is 0 Å². The molecule has 0 aliphatic rings. The van der Waals surface area contributed by atoms with Crippen molar-refractivity contribution in [3.05, 3.63) is 35.0 Å². The minimum Gasteiger partial charge on any atom is -0.460 e. The molecule has 1 heterocycles. The Morgan fingerprint density at radius 2 is 2.36 bits per heavy atom. The minimum absolute atomic E-state index is 0.645. The molecule has 0 aliphatic heterocycles. The van der Waals surface area contributed by atoms with Crippen molar-refractivity contribution in [2.24, 2.45) is 0 Å². The predicted molar refractivity (Wildman–Crippen MR) is 44.8 cm³/mol. The zero-order chi connectivity index (χ0) is 7.84. The maximum atomic E-state index is 5.86. The lowest BCUT2D eigenvalue weighted by molar-refractivity contribution is 0.578.